The number of carbonyl (C=O) groups is 3. The molecule has 3 N–H and O–H groups in total. The topological polar surface area (TPSA) is 126 Å². The molecule has 2 amide bonds. The third kappa shape index (κ3) is 5.96. The number of aromatic nitrogens is 3. The monoisotopic (exact) mass is 379 g/mol. The SMILES string of the molecule is CC(C)C[C@H](NC(=O)CNC(=O)c1cn(Cc2cccs2)nn1)C(=O)O. The number of nitrogens with zero attached hydrogens (tertiary/aromatic N) is 3. The van der Waals surface area contributed by atoms with Crippen LogP contribution in [0, 0.1) is 5.92 Å². The molecule has 0 aliphatic rings. The van der Waals surface area contributed by atoms with Crippen LogP contribution in [0.25, 0.3) is 0 Å². The van der Waals surface area contributed by atoms with Gasteiger partial charge in [-0.25, -0.2) is 9.48 Å². The first kappa shape index (κ1) is 19.6. The largest absolute Gasteiger partial charge is 0.480 e. The minimum atomic E-state index is -1.10. The Balaban J connectivity index is 1.83. The maximum Gasteiger partial charge on any atom is 0.326 e. The molecule has 140 valence electrons. The summed E-state index contributed by atoms with van der Waals surface area (Å²) in [6, 6.07) is 2.89. The number of thiophene rings is 1. The van der Waals surface area contributed by atoms with Gasteiger partial charge in [0, 0.05) is 4.88 Å². The summed E-state index contributed by atoms with van der Waals surface area (Å²) in [5.74, 6) is -2.11. The van der Waals surface area contributed by atoms with E-state index in [-0.39, 0.29) is 18.2 Å². The molecule has 0 unspecified atom stereocenters. The van der Waals surface area contributed by atoms with E-state index in [0.717, 1.165) is 4.88 Å². The van der Waals surface area contributed by atoms with Gasteiger partial charge in [-0.3, -0.25) is 9.59 Å². The normalized spacial score (nSPS) is 12.0. The van der Waals surface area contributed by atoms with Crippen LogP contribution in [0.4, 0.5) is 0 Å². The van der Waals surface area contributed by atoms with Crippen LogP contribution in [0.5, 0.6) is 0 Å². The number of carbonyl (C=O) groups excluding carboxylic acids is 2. The fourth-order valence-electron chi connectivity index (χ4n) is 2.23. The van der Waals surface area contributed by atoms with E-state index in [4.69, 9.17) is 5.11 Å². The minimum Gasteiger partial charge on any atom is -0.480 e. The molecule has 2 aromatic rings. The third-order valence-corrected chi connectivity index (χ3v) is 4.28. The highest BCUT2D eigenvalue weighted by Crippen LogP contribution is 2.10. The van der Waals surface area contributed by atoms with Gasteiger partial charge in [0.15, 0.2) is 5.69 Å². The summed E-state index contributed by atoms with van der Waals surface area (Å²) in [5, 5.41) is 23.5. The number of rotatable bonds is 9. The summed E-state index contributed by atoms with van der Waals surface area (Å²) < 4.78 is 1.53. The van der Waals surface area contributed by atoms with Crippen molar-refractivity contribution < 1.29 is 19.5 Å². The Labute approximate surface area is 154 Å². The van der Waals surface area contributed by atoms with Crippen molar-refractivity contribution in [1.29, 1.82) is 0 Å². The van der Waals surface area contributed by atoms with E-state index >= 15 is 0 Å². The highest BCUT2D eigenvalue weighted by atomic mass is 32.1. The molecule has 2 rings (SSSR count). The first-order valence-electron chi connectivity index (χ1n) is 8.08. The lowest BCUT2D eigenvalue weighted by molar-refractivity contribution is -0.142. The summed E-state index contributed by atoms with van der Waals surface area (Å²) in [5.41, 5.74) is 0.0892. The van der Waals surface area contributed by atoms with Crippen molar-refractivity contribution in [3.63, 3.8) is 0 Å². The van der Waals surface area contributed by atoms with E-state index in [2.05, 4.69) is 20.9 Å². The van der Waals surface area contributed by atoms with Gasteiger partial charge in [-0.05, 0) is 23.8 Å². The molecule has 0 aromatic carbocycles. The van der Waals surface area contributed by atoms with Gasteiger partial charge in [0.1, 0.15) is 6.04 Å². The zero-order valence-corrected chi connectivity index (χ0v) is 15.3. The van der Waals surface area contributed by atoms with Crippen LogP contribution in [-0.4, -0.2) is 50.5 Å². The number of hydrogen-bond acceptors (Lipinski definition) is 6. The fraction of sp³-hybridized carbons (Fsp3) is 0.438. The van der Waals surface area contributed by atoms with Gasteiger partial charge in [-0.1, -0.05) is 25.1 Å². The van der Waals surface area contributed by atoms with Crippen molar-refractivity contribution in [3.8, 4) is 0 Å². The van der Waals surface area contributed by atoms with Crippen LogP contribution in [0.3, 0.4) is 0 Å². The smallest absolute Gasteiger partial charge is 0.326 e. The summed E-state index contributed by atoms with van der Waals surface area (Å²) in [6.45, 7) is 3.90. The van der Waals surface area contributed by atoms with Crippen molar-refractivity contribution >= 4 is 29.1 Å². The van der Waals surface area contributed by atoms with Crippen LogP contribution >= 0.6 is 11.3 Å². The maximum absolute atomic E-state index is 12.0. The Morgan fingerprint density at radius 1 is 1.35 bits per heavy atom. The fourth-order valence-corrected chi connectivity index (χ4v) is 2.93. The van der Waals surface area contributed by atoms with Crippen molar-refractivity contribution in [2.45, 2.75) is 32.9 Å². The molecule has 0 spiro atoms. The number of amides is 2. The molecular weight excluding hydrogens is 358 g/mol. The minimum absolute atomic E-state index is 0.0892. The lowest BCUT2D eigenvalue weighted by Gasteiger charge is -2.16. The highest BCUT2D eigenvalue weighted by Gasteiger charge is 2.21. The second-order valence-corrected chi connectivity index (χ2v) is 7.18. The lowest BCUT2D eigenvalue weighted by atomic mass is 10.0. The maximum atomic E-state index is 12.0. The predicted octanol–water partition coefficient (Wildman–Crippen LogP) is 0.733. The van der Waals surface area contributed by atoms with Crippen LogP contribution in [0.2, 0.25) is 0 Å². The molecule has 0 bridgehead atoms. The first-order valence-corrected chi connectivity index (χ1v) is 8.96. The van der Waals surface area contributed by atoms with E-state index in [1.54, 1.807) is 11.3 Å². The molecule has 0 saturated carbocycles. The molecule has 0 radical (unpaired) electrons. The van der Waals surface area contributed by atoms with Crippen LogP contribution in [0.15, 0.2) is 23.7 Å². The molecule has 10 heteroatoms. The second-order valence-electron chi connectivity index (χ2n) is 6.15. The molecular formula is C16H21N5O4S. The number of carboxylic acid groups (broad SMARTS) is 1. The molecule has 0 fully saturated rings. The van der Waals surface area contributed by atoms with Crippen LogP contribution in [-0.2, 0) is 16.1 Å². The summed E-state index contributed by atoms with van der Waals surface area (Å²) in [7, 11) is 0. The lowest BCUT2D eigenvalue weighted by Crippen LogP contribution is -2.46. The summed E-state index contributed by atoms with van der Waals surface area (Å²) in [4.78, 5) is 36.1. The molecule has 2 heterocycles. The van der Waals surface area contributed by atoms with Gasteiger partial charge in [0.2, 0.25) is 5.91 Å². The van der Waals surface area contributed by atoms with Gasteiger partial charge in [0.25, 0.3) is 5.91 Å². The quantitative estimate of drug-likeness (QED) is 0.590. The Hall–Kier alpha value is -2.75. The van der Waals surface area contributed by atoms with Gasteiger partial charge in [-0.2, -0.15) is 0 Å². The van der Waals surface area contributed by atoms with E-state index in [1.165, 1.54) is 10.9 Å². The Morgan fingerprint density at radius 3 is 2.73 bits per heavy atom. The Bertz CT molecular complexity index is 757. The Kier molecular flexibility index (Phi) is 6.84. The zero-order chi connectivity index (χ0) is 19.1. The van der Waals surface area contributed by atoms with Gasteiger partial charge in [-0.15, -0.1) is 16.4 Å². The van der Waals surface area contributed by atoms with Gasteiger partial charge < -0.3 is 15.7 Å². The predicted molar refractivity (Wildman–Crippen MR) is 94.8 cm³/mol. The van der Waals surface area contributed by atoms with Crippen molar-refractivity contribution in [1.82, 2.24) is 25.6 Å². The molecule has 2 aromatic heterocycles. The third-order valence-electron chi connectivity index (χ3n) is 3.42. The highest BCUT2D eigenvalue weighted by molar-refractivity contribution is 7.09. The summed E-state index contributed by atoms with van der Waals surface area (Å²) >= 11 is 1.57. The number of aliphatic carboxylic acids is 1. The molecule has 1 atom stereocenters. The van der Waals surface area contributed by atoms with Gasteiger partial charge in [0.05, 0.1) is 19.3 Å². The van der Waals surface area contributed by atoms with Crippen molar-refractivity contribution in [2.24, 2.45) is 5.92 Å². The Morgan fingerprint density at radius 2 is 2.12 bits per heavy atom. The van der Waals surface area contributed by atoms with Crippen molar-refractivity contribution in [2.75, 3.05) is 6.54 Å². The van der Waals surface area contributed by atoms with E-state index in [0.29, 0.717) is 13.0 Å². The number of carboxylic acids is 1. The molecule has 0 saturated heterocycles. The zero-order valence-electron chi connectivity index (χ0n) is 14.5. The van der Waals surface area contributed by atoms with Crippen LogP contribution < -0.4 is 10.6 Å². The first-order chi connectivity index (χ1) is 12.3. The number of hydrogen-bond donors (Lipinski definition) is 3. The van der Waals surface area contributed by atoms with E-state index < -0.39 is 23.8 Å². The second kappa shape index (κ2) is 9.09. The molecule has 26 heavy (non-hydrogen) atoms. The molecule has 0 aliphatic heterocycles. The molecule has 9 nitrogen and oxygen atoms in total. The average molecular weight is 379 g/mol. The van der Waals surface area contributed by atoms with Crippen molar-refractivity contribution in [3.05, 3.63) is 34.3 Å². The van der Waals surface area contributed by atoms with Crippen LogP contribution in [0.1, 0.15) is 35.6 Å². The molecule has 0 aliphatic carbocycles. The van der Waals surface area contributed by atoms with Gasteiger partial charge >= 0.3 is 5.97 Å². The average Bonchev–Trinajstić information content (AvgIpc) is 3.24. The summed E-state index contributed by atoms with van der Waals surface area (Å²) in [6.07, 6.45) is 1.80. The number of nitrogens with one attached hydrogen (secondary N) is 2. The van der Waals surface area contributed by atoms with E-state index in [9.17, 15) is 14.4 Å². The standard InChI is InChI=1S/C16H21N5O4S/c1-10(2)6-12(16(24)25)18-14(22)7-17-15(23)13-9-21(20-19-13)8-11-4-3-5-26-11/h3-5,9-10,12H,6-8H2,1-2H3,(H,17,23)(H,18,22)(H,24,25)/t12-/m0/s1. The van der Waals surface area contributed by atoms with E-state index in [1.807, 2.05) is 31.4 Å².